The van der Waals surface area contributed by atoms with Crippen molar-refractivity contribution in [3.05, 3.63) is 82.9 Å². The molecule has 3 aromatic rings. The number of hydrazone groups is 1. The van der Waals surface area contributed by atoms with Crippen LogP contribution in [0.3, 0.4) is 0 Å². The molecule has 0 aliphatic carbocycles. The maximum Gasteiger partial charge on any atom is 0.293 e. The van der Waals surface area contributed by atoms with Crippen molar-refractivity contribution in [2.24, 2.45) is 5.10 Å². The monoisotopic (exact) mass is 504 g/mol. The van der Waals surface area contributed by atoms with Gasteiger partial charge >= 0.3 is 0 Å². The molecule has 0 radical (unpaired) electrons. The van der Waals surface area contributed by atoms with E-state index in [1.807, 2.05) is 79.5 Å². The van der Waals surface area contributed by atoms with Gasteiger partial charge in [0.2, 0.25) is 5.84 Å². The minimum atomic E-state index is -0.763. The second-order valence-electron chi connectivity index (χ2n) is 8.78. The summed E-state index contributed by atoms with van der Waals surface area (Å²) < 4.78 is 11.9. The number of anilines is 2. The molecule has 0 fully saturated rings. The van der Waals surface area contributed by atoms with Gasteiger partial charge in [-0.25, -0.2) is 5.01 Å². The topological polar surface area (TPSA) is 66.4 Å². The summed E-state index contributed by atoms with van der Waals surface area (Å²) in [4.78, 5) is 15.6. The van der Waals surface area contributed by atoms with E-state index >= 15 is 0 Å². The molecule has 1 N–H and O–H groups in total. The van der Waals surface area contributed by atoms with E-state index in [4.69, 9.17) is 26.2 Å². The molecule has 2 heterocycles. The lowest BCUT2D eigenvalue weighted by Gasteiger charge is -2.46. The highest BCUT2D eigenvalue weighted by atomic mass is 35.5. The van der Waals surface area contributed by atoms with Crippen LogP contribution in [0.1, 0.15) is 31.9 Å². The highest BCUT2D eigenvalue weighted by molar-refractivity contribution is 6.43. The molecule has 0 saturated carbocycles. The van der Waals surface area contributed by atoms with Gasteiger partial charge in [0.1, 0.15) is 0 Å². The van der Waals surface area contributed by atoms with Crippen LogP contribution in [0.25, 0.3) is 0 Å². The number of ether oxygens (including phenoxy) is 2. The van der Waals surface area contributed by atoms with Gasteiger partial charge in [0.05, 0.1) is 18.9 Å². The lowest BCUT2D eigenvalue weighted by atomic mass is 9.87. The molecule has 3 aromatic carbocycles. The van der Waals surface area contributed by atoms with Crippen LogP contribution in [0.4, 0.5) is 11.4 Å². The third kappa shape index (κ3) is 4.13. The second kappa shape index (κ2) is 9.74. The molecule has 1 atom stereocenters. The number of nitrogens with zero attached hydrogens (tertiary/aromatic N) is 3. The average molecular weight is 505 g/mol. The molecule has 7 nitrogen and oxygen atoms in total. The van der Waals surface area contributed by atoms with Crippen molar-refractivity contribution < 1.29 is 14.3 Å². The quantitative estimate of drug-likeness (QED) is 0.451. The van der Waals surface area contributed by atoms with Crippen molar-refractivity contribution in [1.82, 2.24) is 4.90 Å². The first-order valence-corrected chi connectivity index (χ1v) is 12.5. The van der Waals surface area contributed by atoms with Gasteiger partial charge in [-0.3, -0.25) is 4.79 Å². The molecule has 0 spiro atoms. The Balaban J connectivity index is 1.62. The fourth-order valence-electron chi connectivity index (χ4n) is 4.94. The van der Waals surface area contributed by atoms with Gasteiger partial charge < -0.3 is 19.7 Å². The number of amidine groups is 1. The van der Waals surface area contributed by atoms with Gasteiger partial charge in [-0.1, -0.05) is 29.8 Å². The van der Waals surface area contributed by atoms with E-state index in [2.05, 4.69) is 23.2 Å². The van der Waals surface area contributed by atoms with Crippen molar-refractivity contribution in [2.75, 3.05) is 30.1 Å². The van der Waals surface area contributed by atoms with Crippen LogP contribution in [0.5, 0.6) is 11.5 Å². The molecular formula is C28H29ClN4O3. The molecule has 0 bridgehead atoms. The SMILES string of the molecule is CCOc1cc2c(cc1OCC)C1(C)N(CC2)C(C(=O)Nc2ccccc2)=NN1c1ccc(Cl)cc1. The second-order valence-corrected chi connectivity index (χ2v) is 9.21. The van der Waals surface area contributed by atoms with Crippen LogP contribution in [-0.2, 0) is 16.9 Å². The minimum Gasteiger partial charge on any atom is -0.490 e. The predicted octanol–water partition coefficient (Wildman–Crippen LogP) is 5.64. The number of benzene rings is 3. The number of rotatable bonds is 7. The summed E-state index contributed by atoms with van der Waals surface area (Å²) in [5.41, 5.74) is 2.94. The first kappa shape index (κ1) is 24.0. The molecule has 0 saturated heterocycles. The fourth-order valence-corrected chi connectivity index (χ4v) is 5.06. The Hall–Kier alpha value is -3.71. The maximum atomic E-state index is 13.5. The van der Waals surface area contributed by atoms with Crippen LogP contribution in [-0.4, -0.2) is 36.4 Å². The molecule has 2 aliphatic heterocycles. The van der Waals surface area contributed by atoms with Gasteiger partial charge in [-0.05, 0) is 81.3 Å². The smallest absolute Gasteiger partial charge is 0.293 e. The Bertz CT molecular complexity index is 1300. The molecule has 0 aromatic heterocycles. The first-order chi connectivity index (χ1) is 17.5. The van der Waals surface area contributed by atoms with Crippen LogP contribution in [0.2, 0.25) is 5.02 Å². The van der Waals surface area contributed by atoms with Crippen molar-refractivity contribution in [3.8, 4) is 11.5 Å². The first-order valence-electron chi connectivity index (χ1n) is 12.2. The number of carbonyl (C=O) groups excluding carboxylic acids is 1. The van der Waals surface area contributed by atoms with Gasteiger partial charge in [-0.2, -0.15) is 0 Å². The zero-order valence-corrected chi connectivity index (χ0v) is 21.4. The maximum absolute atomic E-state index is 13.5. The molecule has 5 rings (SSSR count). The van der Waals surface area contributed by atoms with Gasteiger partial charge in [0.15, 0.2) is 17.2 Å². The summed E-state index contributed by atoms with van der Waals surface area (Å²) in [6.07, 6.45) is 0.740. The number of halogens is 1. The normalized spacial score (nSPS) is 18.3. The molecule has 2 aliphatic rings. The van der Waals surface area contributed by atoms with Crippen LogP contribution >= 0.6 is 11.6 Å². The number of amides is 1. The third-order valence-electron chi connectivity index (χ3n) is 6.58. The Morgan fingerprint density at radius 1 is 1.03 bits per heavy atom. The van der Waals surface area contributed by atoms with Crippen LogP contribution in [0.15, 0.2) is 71.8 Å². The standard InChI is InChI=1S/C28H29ClN4O3/c1-4-35-24-17-19-15-16-32-26(27(34)30-21-9-7-6-8-10-21)31-33(22-13-11-20(29)12-14-22)28(32,3)23(19)18-25(24)36-5-2/h6-14,17-18H,4-5,15-16H2,1-3H3,(H,30,34). The van der Waals surface area contributed by atoms with Crippen molar-refractivity contribution in [3.63, 3.8) is 0 Å². The lowest BCUT2D eigenvalue weighted by Crippen LogP contribution is -2.56. The Morgan fingerprint density at radius 3 is 2.36 bits per heavy atom. The van der Waals surface area contributed by atoms with E-state index in [1.165, 1.54) is 0 Å². The van der Waals surface area contributed by atoms with E-state index < -0.39 is 5.66 Å². The van der Waals surface area contributed by atoms with E-state index in [-0.39, 0.29) is 5.91 Å². The molecule has 8 heteroatoms. The van der Waals surface area contributed by atoms with E-state index in [0.29, 0.717) is 42.1 Å². The number of hydrogen-bond donors (Lipinski definition) is 1. The summed E-state index contributed by atoms with van der Waals surface area (Å²) in [5.74, 6) is 1.51. The van der Waals surface area contributed by atoms with Gasteiger partial charge in [-0.15, -0.1) is 5.10 Å². The van der Waals surface area contributed by atoms with Gasteiger partial charge in [0.25, 0.3) is 5.91 Å². The summed E-state index contributed by atoms with van der Waals surface area (Å²) >= 11 is 6.18. The summed E-state index contributed by atoms with van der Waals surface area (Å²) in [5, 5.41) is 10.4. The number of nitrogens with one attached hydrogen (secondary N) is 1. The number of fused-ring (bicyclic) bond motifs is 3. The summed E-state index contributed by atoms with van der Waals surface area (Å²) in [7, 11) is 0. The Labute approximate surface area is 216 Å². The largest absolute Gasteiger partial charge is 0.490 e. The zero-order valence-electron chi connectivity index (χ0n) is 20.6. The average Bonchev–Trinajstić information content (AvgIpc) is 3.19. The van der Waals surface area contributed by atoms with Gasteiger partial charge in [0, 0.05) is 22.8 Å². The van der Waals surface area contributed by atoms with Crippen LogP contribution < -0.4 is 19.8 Å². The third-order valence-corrected chi connectivity index (χ3v) is 6.83. The lowest BCUT2D eigenvalue weighted by molar-refractivity contribution is -0.111. The highest BCUT2D eigenvalue weighted by Crippen LogP contribution is 2.48. The molecule has 1 unspecified atom stereocenters. The Morgan fingerprint density at radius 2 is 1.69 bits per heavy atom. The Kier molecular flexibility index (Phi) is 6.49. The number of para-hydroxylation sites is 1. The molecule has 36 heavy (non-hydrogen) atoms. The predicted molar refractivity (Wildman–Crippen MR) is 143 cm³/mol. The van der Waals surface area contributed by atoms with Crippen molar-refractivity contribution >= 4 is 34.7 Å². The fraction of sp³-hybridized carbons (Fsp3) is 0.286. The van der Waals surface area contributed by atoms with E-state index in [0.717, 1.165) is 29.0 Å². The molecule has 186 valence electrons. The highest BCUT2D eigenvalue weighted by Gasteiger charge is 2.52. The zero-order chi connectivity index (χ0) is 25.3. The molecular weight excluding hydrogens is 476 g/mol. The van der Waals surface area contributed by atoms with Crippen molar-refractivity contribution in [2.45, 2.75) is 32.9 Å². The number of hydrogen-bond acceptors (Lipinski definition) is 6. The van der Waals surface area contributed by atoms with E-state index in [1.54, 1.807) is 0 Å². The minimum absolute atomic E-state index is 0.261. The van der Waals surface area contributed by atoms with Crippen molar-refractivity contribution in [1.29, 1.82) is 0 Å². The molecule has 1 amide bonds. The summed E-state index contributed by atoms with van der Waals surface area (Å²) in [6.45, 7) is 7.68. The van der Waals surface area contributed by atoms with E-state index in [9.17, 15) is 4.79 Å². The number of carbonyl (C=O) groups is 1. The van der Waals surface area contributed by atoms with Crippen LogP contribution in [0, 0.1) is 0 Å². The summed E-state index contributed by atoms with van der Waals surface area (Å²) in [6, 6.07) is 21.0.